The Labute approximate surface area is 225 Å². The van der Waals surface area contributed by atoms with Gasteiger partial charge in [-0.3, -0.25) is 4.79 Å². The summed E-state index contributed by atoms with van der Waals surface area (Å²) in [5.41, 5.74) is 8.75. The lowest BCUT2D eigenvalue weighted by Crippen LogP contribution is -2.28. The molecule has 196 valence electrons. The molecular formula is C32H37N5O. The summed E-state index contributed by atoms with van der Waals surface area (Å²) in [5.74, 6) is -0.122. The second-order valence-corrected chi connectivity index (χ2v) is 11.5. The molecule has 6 heteroatoms. The Morgan fingerprint density at radius 1 is 1.08 bits per heavy atom. The van der Waals surface area contributed by atoms with Gasteiger partial charge >= 0.3 is 0 Å². The van der Waals surface area contributed by atoms with Gasteiger partial charge in [-0.25, -0.2) is 9.97 Å². The van der Waals surface area contributed by atoms with Gasteiger partial charge < -0.3 is 15.2 Å². The van der Waals surface area contributed by atoms with Crippen molar-refractivity contribution < 1.29 is 4.79 Å². The number of H-pyrrole nitrogens is 1. The molecule has 6 nitrogen and oxygen atoms in total. The van der Waals surface area contributed by atoms with E-state index >= 15 is 0 Å². The molecule has 0 bridgehead atoms. The number of carbonyl (C=O) groups excluding carboxylic acids is 1. The molecule has 2 aromatic heterocycles. The molecular weight excluding hydrogens is 470 g/mol. The number of carbonyl (C=O) groups is 1. The Balaban J connectivity index is 1.43. The maximum atomic E-state index is 13.1. The summed E-state index contributed by atoms with van der Waals surface area (Å²) in [4.78, 5) is 28.1. The van der Waals surface area contributed by atoms with E-state index in [0.717, 1.165) is 58.5 Å². The van der Waals surface area contributed by atoms with Gasteiger partial charge in [-0.05, 0) is 86.7 Å². The highest BCUT2D eigenvalue weighted by Crippen LogP contribution is 2.35. The molecule has 2 heterocycles. The zero-order valence-electron chi connectivity index (χ0n) is 23.2. The van der Waals surface area contributed by atoms with Gasteiger partial charge in [0.15, 0.2) is 0 Å². The predicted molar refractivity (Wildman–Crippen MR) is 156 cm³/mol. The average molecular weight is 508 g/mol. The molecule has 2 aromatic carbocycles. The van der Waals surface area contributed by atoms with Crippen molar-refractivity contribution in [3.8, 4) is 11.3 Å². The molecule has 2 N–H and O–H groups in total. The number of aromatic amines is 1. The van der Waals surface area contributed by atoms with E-state index in [1.165, 1.54) is 11.1 Å². The fraction of sp³-hybridized carbons (Fsp3) is 0.344. The molecule has 1 amide bonds. The Morgan fingerprint density at radius 2 is 1.84 bits per heavy atom. The smallest absolute Gasteiger partial charge is 0.255 e. The molecule has 0 saturated carbocycles. The number of fused-ring (bicyclic) bond motifs is 1. The van der Waals surface area contributed by atoms with Gasteiger partial charge in [0.2, 0.25) is 0 Å². The average Bonchev–Trinajstić information content (AvgIpc) is 3.34. The standard InChI is InChI=1S/C32H37N5O/c1-20-25(8-7-9-27(20)36-31(38)22-10-14-23(15-11-22)32(2,3)4)29-26-18-28(35-30(26)34-19-33-29)21-12-16-24(17-13-21)37(5)6/h7-12,14-15,18-19,24H,13,16-17H2,1-6H3,(H,36,38)(H,33,34,35). The van der Waals surface area contributed by atoms with Crippen molar-refractivity contribution in [1.29, 1.82) is 0 Å². The number of benzene rings is 2. The third kappa shape index (κ3) is 5.14. The second kappa shape index (κ2) is 10.2. The maximum Gasteiger partial charge on any atom is 0.255 e. The summed E-state index contributed by atoms with van der Waals surface area (Å²) in [7, 11) is 4.30. The Kier molecular flexibility index (Phi) is 6.93. The summed E-state index contributed by atoms with van der Waals surface area (Å²) in [6, 6.07) is 16.6. The first kappa shape index (κ1) is 25.9. The van der Waals surface area contributed by atoms with Crippen molar-refractivity contribution in [1.82, 2.24) is 19.9 Å². The maximum absolute atomic E-state index is 13.1. The van der Waals surface area contributed by atoms with Gasteiger partial charge in [0.25, 0.3) is 5.91 Å². The molecule has 1 unspecified atom stereocenters. The van der Waals surface area contributed by atoms with Crippen LogP contribution in [-0.2, 0) is 5.41 Å². The molecule has 0 aliphatic heterocycles. The van der Waals surface area contributed by atoms with Crippen molar-refractivity contribution >= 4 is 28.2 Å². The van der Waals surface area contributed by atoms with Crippen LogP contribution in [-0.4, -0.2) is 45.9 Å². The monoisotopic (exact) mass is 507 g/mol. The van der Waals surface area contributed by atoms with Crippen molar-refractivity contribution in [2.24, 2.45) is 0 Å². The van der Waals surface area contributed by atoms with Gasteiger partial charge in [0.05, 0.1) is 5.69 Å². The predicted octanol–water partition coefficient (Wildman–Crippen LogP) is 6.98. The van der Waals surface area contributed by atoms with Gasteiger partial charge in [-0.15, -0.1) is 0 Å². The van der Waals surface area contributed by atoms with Crippen LogP contribution < -0.4 is 5.32 Å². The van der Waals surface area contributed by atoms with Crippen LogP contribution >= 0.6 is 0 Å². The van der Waals surface area contributed by atoms with Gasteiger partial charge in [-0.2, -0.15) is 0 Å². The van der Waals surface area contributed by atoms with E-state index in [-0.39, 0.29) is 11.3 Å². The van der Waals surface area contributed by atoms with E-state index in [2.05, 4.69) is 78.2 Å². The quantitative estimate of drug-likeness (QED) is 0.306. The summed E-state index contributed by atoms with van der Waals surface area (Å²) in [5, 5.41) is 4.10. The SMILES string of the molecule is Cc1c(NC(=O)c2ccc(C(C)(C)C)cc2)cccc1-c1ncnc2[nH]c(C3=CCC(N(C)C)CC3)cc12. The van der Waals surface area contributed by atoms with Crippen molar-refractivity contribution in [2.75, 3.05) is 19.4 Å². The number of amides is 1. The van der Waals surface area contributed by atoms with Crippen molar-refractivity contribution in [3.63, 3.8) is 0 Å². The number of nitrogens with one attached hydrogen (secondary N) is 2. The highest BCUT2D eigenvalue weighted by molar-refractivity contribution is 6.05. The zero-order chi connectivity index (χ0) is 27.0. The molecule has 1 aliphatic rings. The number of anilines is 1. The molecule has 1 aliphatic carbocycles. The number of allylic oxidation sites excluding steroid dienone is 1. The largest absolute Gasteiger partial charge is 0.339 e. The number of hydrogen-bond donors (Lipinski definition) is 2. The Hall–Kier alpha value is -3.77. The Morgan fingerprint density at radius 3 is 2.50 bits per heavy atom. The van der Waals surface area contributed by atoms with E-state index in [4.69, 9.17) is 0 Å². The summed E-state index contributed by atoms with van der Waals surface area (Å²) < 4.78 is 0. The first-order valence-corrected chi connectivity index (χ1v) is 13.3. The van der Waals surface area contributed by atoms with Crippen LogP contribution in [0.5, 0.6) is 0 Å². The molecule has 0 saturated heterocycles. The first-order valence-electron chi connectivity index (χ1n) is 13.3. The van der Waals surface area contributed by atoms with Gasteiger partial charge in [0, 0.05) is 33.9 Å². The third-order valence-electron chi connectivity index (χ3n) is 7.74. The van der Waals surface area contributed by atoms with Crippen LogP contribution in [0.4, 0.5) is 5.69 Å². The number of nitrogens with zero attached hydrogens (tertiary/aromatic N) is 3. The van der Waals surface area contributed by atoms with E-state index in [9.17, 15) is 4.79 Å². The van der Waals surface area contributed by atoms with Crippen LogP contribution in [0.15, 0.2) is 60.9 Å². The van der Waals surface area contributed by atoms with Crippen LogP contribution in [0.25, 0.3) is 27.9 Å². The van der Waals surface area contributed by atoms with E-state index in [1.54, 1.807) is 6.33 Å². The summed E-state index contributed by atoms with van der Waals surface area (Å²) in [6.07, 6.45) is 7.19. The summed E-state index contributed by atoms with van der Waals surface area (Å²) >= 11 is 0. The van der Waals surface area contributed by atoms with Crippen LogP contribution in [0.1, 0.15) is 67.2 Å². The molecule has 38 heavy (non-hydrogen) atoms. The molecule has 0 radical (unpaired) electrons. The number of hydrogen-bond acceptors (Lipinski definition) is 4. The van der Waals surface area contributed by atoms with Crippen LogP contribution in [0, 0.1) is 6.92 Å². The zero-order valence-corrected chi connectivity index (χ0v) is 23.2. The fourth-order valence-corrected chi connectivity index (χ4v) is 5.21. The highest BCUT2D eigenvalue weighted by atomic mass is 16.1. The first-order chi connectivity index (χ1) is 18.1. The lowest BCUT2D eigenvalue weighted by molar-refractivity contribution is 0.102. The normalized spacial score (nSPS) is 16.1. The third-order valence-corrected chi connectivity index (χ3v) is 7.74. The molecule has 5 rings (SSSR count). The van der Waals surface area contributed by atoms with Crippen LogP contribution in [0.2, 0.25) is 0 Å². The Bertz CT molecular complexity index is 1510. The van der Waals surface area contributed by atoms with Crippen molar-refractivity contribution in [3.05, 3.63) is 83.3 Å². The molecule has 0 spiro atoms. The minimum Gasteiger partial charge on any atom is -0.339 e. The topological polar surface area (TPSA) is 73.9 Å². The molecule has 4 aromatic rings. The lowest BCUT2D eigenvalue weighted by Gasteiger charge is -2.27. The molecule has 0 fully saturated rings. The van der Waals surface area contributed by atoms with E-state index < -0.39 is 0 Å². The minimum atomic E-state index is -0.122. The summed E-state index contributed by atoms with van der Waals surface area (Å²) in [6.45, 7) is 8.53. The van der Waals surface area contributed by atoms with Gasteiger partial charge in [-0.1, -0.05) is 51.1 Å². The molecule has 1 atom stereocenters. The van der Waals surface area contributed by atoms with Crippen molar-refractivity contribution in [2.45, 2.75) is 58.4 Å². The lowest BCUT2D eigenvalue weighted by atomic mass is 9.86. The minimum absolute atomic E-state index is 0.0447. The fourth-order valence-electron chi connectivity index (χ4n) is 5.21. The van der Waals surface area contributed by atoms with Crippen LogP contribution in [0.3, 0.4) is 0 Å². The highest BCUT2D eigenvalue weighted by Gasteiger charge is 2.20. The number of aromatic nitrogens is 3. The van der Waals surface area contributed by atoms with Gasteiger partial charge in [0.1, 0.15) is 12.0 Å². The van der Waals surface area contributed by atoms with E-state index in [0.29, 0.717) is 11.6 Å². The second-order valence-electron chi connectivity index (χ2n) is 11.5. The van der Waals surface area contributed by atoms with E-state index in [1.807, 2.05) is 43.3 Å². The number of rotatable bonds is 5.